The molecule has 0 amide bonds. The minimum Gasteiger partial charge on any atom is -0.497 e. The van der Waals surface area contributed by atoms with Gasteiger partial charge in [0.1, 0.15) is 5.75 Å². The summed E-state index contributed by atoms with van der Waals surface area (Å²) in [6.45, 7) is 2.28. The number of aryl methyl sites for hydroxylation is 1. The Kier molecular flexibility index (Phi) is 5.23. The van der Waals surface area contributed by atoms with Crippen molar-refractivity contribution in [2.24, 2.45) is 5.73 Å². The van der Waals surface area contributed by atoms with Crippen LogP contribution in [0.15, 0.2) is 42.5 Å². The van der Waals surface area contributed by atoms with E-state index >= 15 is 0 Å². The molecule has 0 bridgehead atoms. The Labute approximate surface area is 130 Å². The van der Waals surface area contributed by atoms with E-state index in [2.05, 4.69) is 0 Å². The number of benzene rings is 2. The van der Waals surface area contributed by atoms with Gasteiger partial charge < -0.3 is 15.6 Å². The molecule has 0 heterocycles. The van der Waals surface area contributed by atoms with E-state index in [4.69, 9.17) is 22.1 Å². The minimum atomic E-state index is -0.754. The van der Waals surface area contributed by atoms with Gasteiger partial charge in [-0.25, -0.2) is 0 Å². The summed E-state index contributed by atoms with van der Waals surface area (Å²) in [4.78, 5) is 0. The molecule has 2 atom stereocenters. The molecule has 4 heteroatoms. The number of hydrogen-bond donors (Lipinski definition) is 2. The standard InChI is InChI=1S/C17H20ClNO2/c1-11-6-7-14(16(18)8-11)17(20)15(10-19)12-4-3-5-13(9-12)21-2/h3-9,15,17,20H,10,19H2,1-2H3. The van der Waals surface area contributed by atoms with E-state index in [1.54, 1.807) is 7.11 Å². The number of hydrogen-bond acceptors (Lipinski definition) is 3. The van der Waals surface area contributed by atoms with Gasteiger partial charge in [0.25, 0.3) is 0 Å². The van der Waals surface area contributed by atoms with Crippen molar-refractivity contribution >= 4 is 11.6 Å². The zero-order valence-corrected chi connectivity index (χ0v) is 13.0. The molecule has 21 heavy (non-hydrogen) atoms. The fourth-order valence-corrected chi connectivity index (χ4v) is 2.76. The fraction of sp³-hybridized carbons (Fsp3) is 0.294. The zero-order chi connectivity index (χ0) is 15.4. The summed E-state index contributed by atoms with van der Waals surface area (Å²) < 4.78 is 5.23. The molecule has 2 rings (SSSR count). The van der Waals surface area contributed by atoms with Crippen molar-refractivity contribution in [2.45, 2.75) is 18.9 Å². The van der Waals surface area contributed by atoms with Crippen molar-refractivity contribution in [2.75, 3.05) is 13.7 Å². The third kappa shape index (κ3) is 3.56. The molecule has 2 aromatic carbocycles. The topological polar surface area (TPSA) is 55.5 Å². The summed E-state index contributed by atoms with van der Waals surface area (Å²) in [5.41, 5.74) is 8.55. The van der Waals surface area contributed by atoms with E-state index in [1.165, 1.54) is 0 Å². The Hall–Kier alpha value is -1.55. The smallest absolute Gasteiger partial charge is 0.119 e. The molecule has 0 spiro atoms. The van der Waals surface area contributed by atoms with Gasteiger partial charge >= 0.3 is 0 Å². The first-order chi connectivity index (χ1) is 10.1. The number of aliphatic hydroxyl groups is 1. The summed E-state index contributed by atoms with van der Waals surface area (Å²) in [7, 11) is 1.61. The molecular formula is C17H20ClNO2. The van der Waals surface area contributed by atoms with Gasteiger partial charge in [0.2, 0.25) is 0 Å². The van der Waals surface area contributed by atoms with Crippen LogP contribution in [-0.2, 0) is 0 Å². The first-order valence-corrected chi connectivity index (χ1v) is 7.22. The quantitative estimate of drug-likeness (QED) is 0.890. The number of methoxy groups -OCH3 is 1. The van der Waals surface area contributed by atoms with Crippen molar-refractivity contribution in [1.29, 1.82) is 0 Å². The van der Waals surface area contributed by atoms with Crippen LogP contribution >= 0.6 is 11.6 Å². The highest BCUT2D eigenvalue weighted by atomic mass is 35.5. The van der Waals surface area contributed by atoms with Crippen LogP contribution in [0.1, 0.15) is 28.7 Å². The average Bonchev–Trinajstić information content (AvgIpc) is 2.48. The van der Waals surface area contributed by atoms with Gasteiger partial charge in [0, 0.05) is 17.5 Å². The van der Waals surface area contributed by atoms with Gasteiger partial charge in [-0.2, -0.15) is 0 Å². The Morgan fingerprint density at radius 3 is 2.62 bits per heavy atom. The molecule has 0 radical (unpaired) electrons. The van der Waals surface area contributed by atoms with Crippen molar-refractivity contribution in [1.82, 2.24) is 0 Å². The number of ether oxygens (including phenoxy) is 1. The maximum atomic E-state index is 10.7. The average molecular weight is 306 g/mol. The third-order valence-corrected chi connectivity index (χ3v) is 3.96. The Morgan fingerprint density at radius 2 is 2.00 bits per heavy atom. The van der Waals surface area contributed by atoms with Gasteiger partial charge in [0.05, 0.1) is 13.2 Å². The minimum absolute atomic E-state index is 0.236. The molecule has 0 aliphatic carbocycles. The monoisotopic (exact) mass is 305 g/mol. The van der Waals surface area contributed by atoms with Gasteiger partial charge in [-0.3, -0.25) is 0 Å². The molecular weight excluding hydrogens is 286 g/mol. The first kappa shape index (κ1) is 15.8. The van der Waals surface area contributed by atoms with Crippen LogP contribution in [0.4, 0.5) is 0 Å². The normalized spacial score (nSPS) is 13.8. The van der Waals surface area contributed by atoms with Crippen LogP contribution < -0.4 is 10.5 Å². The lowest BCUT2D eigenvalue weighted by Crippen LogP contribution is -2.20. The molecule has 2 unspecified atom stereocenters. The van der Waals surface area contributed by atoms with Crippen molar-refractivity contribution in [3.8, 4) is 5.75 Å². The number of nitrogens with two attached hydrogens (primary N) is 1. The fourth-order valence-electron chi connectivity index (χ4n) is 2.41. The number of halogens is 1. The van der Waals surface area contributed by atoms with E-state index in [-0.39, 0.29) is 5.92 Å². The predicted molar refractivity (Wildman–Crippen MR) is 85.9 cm³/mol. The lowest BCUT2D eigenvalue weighted by atomic mass is 9.89. The molecule has 0 fully saturated rings. The molecule has 112 valence electrons. The number of aliphatic hydroxyl groups excluding tert-OH is 1. The summed E-state index contributed by atoms with van der Waals surface area (Å²) >= 11 is 6.25. The predicted octanol–water partition coefficient (Wildman–Crippen LogP) is 3.43. The van der Waals surface area contributed by atoms with Gasteiger partial charge in [0.15, 0.2) is 0 Å². The second-order valence-electron chi connectivity index (χ2n) is 5.09. The van der Waals surface area contributed by atoms with E-state index in [0.717, 1.165) is 16.9 Å². The second kappa shape index (κ2) is 6.94. The molecule has 0 saturated carbocycles. The van der Waals surface area contributed by atoms with E-state index < -0.39 is 6.10 Å². The van der Waals surface area contributed by atoms with Crippen LogP contribution in [0.25, 0.3) is 0 Å². The second-order valence-corrected chi connectivity index (χ2v) is 5.50. The SMILES string of the molecule is COc1cccc(C(CN)C(O)c2ccc(C)cc2Cl)c1. The molecule has 0 aliphatic heterocycles. The van der Waals surface area contributed by atoms with E-state index in [9.17, 15) is 5.11 Å². The molecule has 0 saturated heterocycles. The van der Waals surface area contributed by atoms with E-state index in [1.807, 2.05) is 49.4 Å². The van der Waals surface area contributed by atoms with Crippen molar-refractivity contribution < 1.29 is 9.84 Å². The van der Waals surface area contributed by atoms with Crippen LogP contribution in [0.5, 0.6) is 5.75 Å². The van der Waals surface area contributed by atoms with E-state index in [0.29, 0.717) is 17.1 Å². The van der Waals surface area contributed by atoms with Gasteiger partial charge in [-0.1, -0.05) is 35.9 Å². The maximum absolute atomic E-state index is 10.7. The Morgan fingerprint density at radius 1 is 1.24 bits per heavy atom. The van der Waals surface area contributed by atoms with Crippen LogP contribution in [0.2, 0.25) is 5.02 Å². The first-order valence-electron chi connectivity index (χ1n) is 6.85. The summed E-state index contributed by atoms with van der Waals surface area (Å²) in [6.07, 6.45) is -0.754. The molecule has 3 N–H and O–H groups in total. The largest absolute Gasteiger partial charge is 0.497 e. The third-order valence-electron chi connectivity index (χ3n) is 3.63. The Bertz CT molecular complexity index is 615. The Balaban J connectivity index is 2.35. The van der Waals surface area contributed by atoms with Gasteiger partial charge in [-0.05, 0) is 41.8 Å². The van der Waals surface area contributed by atoms with Gasteiger partial charge in [-0.15, -0.1) is 0 Å². The summed E-state index contributed by atoms with van der Waals surface area (Å²) in [6, 6.07) is 13.2. The highest BCUT2D eigenvalue weighted by Gasteiger charge is 2.23. The maximum Gasteiger partial charge on any atom is 0.119 e. The van der Waals surface area contributed by atoms with Crippen molar-refractivity contribution in [3.05, 3.63) is 64.2 Å². The molecule has 0 aliphatic rings. The lowest BCUT2D eigenvalue weighted by molar-refractivity contribution is 0.147. The van der Waals surface area contributed by atoms with Crippen LogP contribution in [-0.4, -0.2) is 18.8 Å². The summed E-state index contributed by atoms with van der Waals surface area (Å²) in [5.74, 6) is 0.508. The van der Waals surface area contributed by atoms with Crippen LogP contribution in [0, 0.1) is 6.92 Å². The highest BCUT2D eigenvalue weighted by Crippen LogP contribution is 2.35. The van der Waals surface area contributed by atoms with Crippen molar-refractivity contribution in [3.63, 3.8) is 0 Å². The molecule has 3 nitrogen and oxygen atoms in total. The lowest BCUT2D eigenvalue weighted by Gasteiger charge is -2.23. The number of rotatable bonds is 5. The molecule has 0 aromatic heterocycles. The molecule has 2 aromatic rings. The summed E-state index contributed by atoms with van der Waals surface area (Å²) in [5, 5.41) is 11.2. The van der Waals surface area contributed by atoms with Crippen LogP contribution in [0.3, 0.4) is 0 Å². The zero-order valence-electron chi connectivity index (χ0n) is 12.2. The highest BCUT2D eigenvalue weighted by molar-refractivity contribution is 6.31.